The number of carbonyl (C=O) groups excluding carboxylic acids is 1. The Kier molecular flexibility index (Phi) is 6.06. The van der Waals surface area contributed by atoms with E-state index in [0.717, 1.165) is 11.1 Å². The Morgan fingerprint density at radius 3 is 2.79 bits per heavy atom. The lowest BCUT2D eigenvalue weighted by atomic mass is 9.88. The molecule has 0 radical (unpaired) electrons. The summed E-state index contributed by atoms with van der Waals surface area (Å²) in [6.07, 6.45) is 4.10. The fourth-order valence-electron chi connectivity index (χ4n) is 3.65. The molecule has 11 heteroatoms. The van der Waals surface area contributed by atoms with Crippen molar-refractivity contribution in [3.63, 3.8) is 0 Å². The highest BCUT2D eigenvalue weighted by molar-refractivity contribution is 6.30. The third-order valence-electron chi connectivity index (χ3n) is 5.69. The lowest BCUT2D eigenvalue weighted by molar-refractivity contribution is -0.0794. The summed E-state index contributed by atoms with van der Waals surface area (Å²) in [5.41, 5.74) is 6.79. The summed E-state index contributed by atoms with van der Waals surface area (Å²) in [5, 5.41) is 6.39. The number of halogens is 3. The fourth-order valence-corrected chi connectivity index (χ4v) is 3.84. The monoisotopic (exact) mass is 475 g/mol. The quantitative estimate of drug-likeness (QED) is 0.483. The van der Waals surface area contributed by atoms with Crippen LogP contribution in [0.2, 0.25) is 5.02 Å². The number of nitrogens with zero attached hydrogens (tertiary/aromatic N) is 4. The number of benzene rings is 1. The average Bonchev–Trinajstić information content (AvgIpc) is 3.24. The Bertz CT molecular complexity index is 1180. The molecule has 0 aliphatic heterocycles. The second kappa shape index (κ2) is 8.68. The Labute approximate surface area is 194 Å². The van der Waals surface area contributed by atoms with Crippen LogP contribution < -0.4 is 16.4 Å². The second-order valence-electron chi connectivity index (χ2n) is 8.47. The molecule has 1 amide bonds. The van der Waals surface area contributed by atoms with E-state index < -0.39 is 17.4 Å². The van der Waals surface area contributed by atoms with Gasteiger partial charge in [-0.1, -0.05) is 23.7 Å². The zero-order valence-electron chi connectivity index (χ0n) is 18.1. The first-order valence-electron chi connectivity index (χ1n) is 10.4. The maximum absolute atomic E-state index is 13.1. The zero-order chi connectivity index (χ0) is 23.8. The van der Waals surface area contributed by atoms with E-state index in [1.54, 1.807) is 42.1 Å². The Hall–Kier alpha value is -3.11. The number of amides is 1. The van der Waals surface area contributed by atoms with Crippen LogP contribution in [0.3, 0.4) is 0 Å². The molecule has 174 valence electrons. The highest BCUT2D eigenvalue weighted by Crippen LogP contribution is 2.38. The standard InChI is InChI=1S/C22H24ClF2N7O/c1-13-9-27-20(29-16-7-22(24,25)8-16)30-18(13)32-10-17(28-12-32)19(33)31-21(2,11-26)14-4-3-5-15(23)6-14/h3-6,9-10,12,16H,7-8,11,26H2,1-2H3,(H,31,33)(H,27,29,30)/t21-/m0/s1. The fraction of sp³-hybridized carbons (Fsp3) is 0.364. The Morgan fingerprint density at radius 2 is 2.12 bits per heavy atom. The molecule has 1 aromatic carbocycles. The van der Waals surface area contributed by atoms with E-state index in [0.29, 0.717) is 10.8 Å². The molecule has 3 aromatic rings. The van der Waals surface area contributed by atoms with Crippen molar-refractivity contribution in [2.75, 3.05) is 11.9 Å². The molecule has 1 aliphatic carbocycles. The third-order valence-corrected chi connectivity index (χ3v) is 5.92. The number of nitrogens with one attached hydrogen (secondary N) is 2. The van der Waals surface area contributed by atoms with Crippen molar-refractivity contribution in [3.8, 4) is 5.82 Å². The number of rotatable bonds is 7. The number of nitrogens with two attached hydrogens (primary N) is 1. The summed E-state index contributed by atoms with van der Waals surface area (Å²) in [7, 11) is 0. The van der Waals surface area contributed by atoms with Crippen molar-refractivity contribution >= 4 is 23.5 Å². The lowest BCUT2D eigenvalue weighted by Gasteiger charge is -2.35. The van der Waals surface area contributed by atoms with Crippen molar-refractivity contribution in [3.05, 3.63) is 64.8 Å². The van der Waals surface area contributed by atoms with Crippen LogP contribution in [0.25, 0.3) is 5.82 Å². The van der Waals surface area contributed by atoms with Crippen LogP contribution in [-0.4, -0.2) is 43.9 Å². The van der Waals surface area contributed by atoms with Gasteiger partial charge in [0, 0.05) is 48.4 Å². The third kappa shape index (κ3) is 4.96. The minimum atomic E-state index is -2.64. The molecular weight excluding hydrogens is 452 g/mol. The molecule has 8 nitrogen and oxygen atoms in total. The number of alkyl halides is 2. The van der Waals surface area contributed by atoms with Crippen LogP contribution in [0.15, 0.2) is 43.0 Å². The maximum atomic E-state index is 13.1. The molecule has 4 rings (SSSR count). The van der Waals surface area contributed by atoms with Gasteiger partial charge in [0.15, 0.2) is 0 Å². The van der Waals surface area contributed by atoms with Gasteiger partial charge in [0.05, 0.1) is 5.54 Å². The maximum Gasteiger partial charge on any atom is 0.272 e. The first-order valence-corrected chi connectivity index (χ1v) is 10.8. The molecule has 33 heavy (non-hydrogen) atoms. The molecule has 1 atom stereocenters. The van der Waals surface area contributed by atoms with Crippen LogP contribution in [0, 0.1) is 6.92 Å². The van der Waals surface area contributed by atoms with Crippen molar-refractivity contribution in [2.45, 2.75) is 44.2 Å². The summed E-state index contributed by atoms with van der Waals surface area (Å²) >= 11 is 6.09. The number of anilines is 1. The molecule has 1 saturated carbocycles. The Morgan fingerprint density at radius 1 is 1.36 bits per heavy atom. The van der Waals surface area contributed by atoms with Gasteiger partial charge >= 0.3 is 0 Å². The SMILES string of the molecule is Cc1cnc(NC2CC(F)(F)C2)nc1-n1cnc(C(=O)N[C@@](C)(CN)c2cccc(Cl)c2)c1. The van der Waals surface area contributed by atoms with Gasteiger partial charge in [-0.25, -0.2) is 18.7 Å². The number of aryl methyl sites for hydroxylation is 1. The van der Waals surface area contributed by atoms with Crippen LogP contribution in [0.5, 0.6) is 0 Å². The summed E-state index contributed by atoms with van der Waals surface area (Å²) in [5.74, 6) is -2.32. The topological polar surface area (TPSA) is 111 Å². The zero-order valence-corrected chi connectivity index (χ0v) is 18.9. The van der Waals surface area contributed by atoms with Crippen molar-refractivity contribution in [1.82, 2.24) is 24.8 Å². The molecule has 0 saturated heterocycles. The molecule has 1 fully saturated rings. The van der Waals surface area contributed by atoms with Gasteiger partial charge in [-0.2, -0.15) is 4.98 Å². The van der Waals surface area contributed by atoms with E-state index >= 15 is 0 Å². The van der Waals surface area contributed by atoms with E-state index in [-0.39, 0.29) is 37.1 Å². The molecule has 0 bridgehead atoms. The summed E-state index contributed by atoms with van der Waals surface area (Å²) in [4.78, 5) is 25.7. The summed E-state index contributed by atoms with van der Waals surface area (Å²) in [6, 6.07) is 6.76. The van der Waals surface area contributed by atoms with Gasteiger partial charge in [0.1, 0.15) is 17.8 Å². The molecule has 0 spiro atoms. The van der Waals surface area contributed by atoms with Crippen LogP contribution in [-0.2, 0) is 5.54 Å². The Balaban J connectivity index is 1.51. The number of aromatic nitrogens is 4. The first-order chi connectivity index (χ1) is 15.6. The summed E-state index contributed by atoms with van der Waals surface area (Å²) in [6.45, 7) is 3.77. The van der Waals surface area contributed by atoms with Gasteiger partial charge in [-0.05, 0) is 31.5 Å². The number of hydrogen-bond acceptors (Lipinski definition) is 6. The van der Waals surface area contributed by atoms with Crippen molar-refractivity contribution in [2.24, 2.45) is 5.73 Å². The number of carbonyl (C=O) groups is 1. The van der Waals surface area contributed by atoms with Gasteiger partial charge in [0.25, 0.3) is 11.8 Å². The van der Waals surface area contributed by atoms with Gasteiger partial charge in [0.2, 0.25) is 5.95 Å². The predicted molar refractivity (Wildman–Crippen MR) is 121 cm³/mol. The molecule has 1 aliphatic rings. The average molecular weight is 476 g/mol. The molecule has 2 aromatic heterocycles. The van der Waals surface area contributed by atoms with E-state index in [9.17, 15) is 13.6 Å². The highest BCUT2D eigenvalue weighted by Gasteiger charge is 2.45. The second-order valence-corrected chi connectivity index (χ2v) is 8.91. The van der Waals surface area contributed by atoms with Gasteiger partial charge < -0.3 is 16.4 Å². The van der Waals surface area contributed by atoms with Crippen LogP contribution in [0.4, 0.5) is 14.7 Å². The molecule has 4 N–H and O–H groups in total. The highest BCUT2D eigenvalue weighted by atomic mass is 35.5. The van der Waals surface area contributed by atoms with Crippen molar-refractivity contribution < 1.29 is 13.6 Å². The summed E-state index contributed by atoms with van der Waals surface area (Å²) < 4.78 is 27.8. The van der Waals surface area contributed by atoms with Crippen molar-refractivity contribution in [1.29, 1.82) is 0 Å². The number of hydrogen-bond donors (Lipinski definition) is 3. The van der Waals surface area contributed by atoms with E-state index in [1.165, 1.54) is 6.33 Å². The lowest BCUT2D eigenvalue weighted by Crippen LogP contribution is -2.48. The largest absolute Gasteiger partial charge is 0.351 e. The number of imidazole rings is 1. The van der Waals surface area contributed by atoms with Gasteiger partial charge in [-0.3, -0.25) is 9.36 Å². The van der Waals surface area contributed by atoms with E-state index in [2.05, 4.69) is 25.6 Å². The van der Waals surface area contributed by atoms with E-state index in [1.807, 2.05) is 13.0 Å². The normalized spacial score (nSPS) is 17.2. The first kappa shape index (κ1) is 23.1. The van der Waals surface area contributed by atoms with Crippen LogP contribution in [0.1, 0.15) is 41.4 Å². The molecule has 2 heterocycles. The molecular formula is C22H24ClF2N7O. The minimum absolute atomic E-state index is 0.153. The molecule has 0 unspecified atom stereocenters. The predicted octanol–water partition coefficient (Wildman–Crippen LogP) is 3.44. The van der Waals surface area contributed by atoms with Gasteiger partial charge in [-0.15, -0.1) is 0 Å². The minimum Gasteiger partial charge on any atom is -0.351 e. The van der Waals surface area contributed by atoms with E-state index in [4.69, 9.17) is 17.3 Å². The van der Waals surface area contributed by atoms with Crippen LogP contribution >= 0.6 is 11.6 Å². The smallest absolute Gasteiger partial charge is 0.272 e.